The number of carbonyl (C=O) groups excluding carboxylic acids is 5. The Morgan fingerprint density at radius 1 is 0.421 bits per heavy atom. The molecule has 13 heteroatoms. The maximum absolute atomic E-state index is 12.8. The molecule has 0 bridgehead atoms. The van der Waals surface area contributed by atoms with Crippen LogP contribution in [0.5, 0.6) is 0 Å². The second kappa shape index (κ2) is 44.6. The van der Waals surface area contributed by atoms with Gasteiger partial charge in [-0.1, -0.05) is 257 Å². The number of methoxy groups -OCH3 is 1. The molecule has 0 radical (unpaired) electrons. The van der Waals surface area contributed by atoms with E-state index < -0.39 is 5.97 Å². The molecule has 0 spiro atoms. The van der Waals surface area contributed by atoms with Crippen LogP contribution in [-0.2, 0) is 38.2 Å². The Morgan fingerprint density at radius 3 is 0.986 bits per heavy atom. The summed E-state index contributed by atoms with van der Waals surface area (Å²) in [5, 5.41) is 29.3. The molecule has 0 aromatic heterocycles. The molecule has 3 N–H and O–H groups in total. The number of allylic oxidation sites excluding steroid dienone is 13. The van der Waals surface area contributed by atoms with Crippen LogP contribution in [0.2, 0.25) is 0 Å². The van der Waals surface area contributed by atoms with Crippen LogP contribution < -0.4 is 18.9 Å². The molecule has 0 aromatic carbocycles. The van der Waals surface area contributed by atoms with Gasteiger partial charge in [-0.2, -0.15) is 0 Å². The fourth-order valence-corrected chi connectivity index (χ4v) is 38.1. The van der Waals surface area contributed by atoms with Crippen molar-refractivity contribution in [2.75, 3.05) is 26.9 Å². The van der Waals surface area contributed by atoms with Crippen molar-refractivity contribution in [2.24, 2.45) is 181 Å². The van der Waals surface area contributed by atoms with Crippen molar-refractivity contribution >= 4 is 52.9 Å². The zero-order valence-electron chi connectivity index (χ0n) is 94.1. The molecule has 788 valence electrons. The summed E-state index contributed by atoms with van der Waals surface area (Å²) >= 11 is 0. The number of esters is 1. The average molecular weight is 1950 g/mol. The quantitative estimate of drug-likeness (QED) is 0.0347. The van der Waals surface area contributed by atoms with E-state index >= 15 is 0 Å². The number of carboxylic acid groups (broad SMARTS) is 1. The van der Waals surface area contributed by atoms with Gasteiger partial charge in [0.05, 0.1) is 19.8 Å². The molecule has 13 fully saturated rings. The minimum atomic E-state index is -0.801. The van der Waals surface area contributed by atoms with Gasteiger partial charge in [-0.15, -0.1) is 0 Å². The molecule has 13 unspecified atom stereocenters. The van der Waals surface area contributed by atoms with Crippen molar-refractivity contribution in [1.29, 1.82) is 0 Å². The van der Waals surface area contributed by atoms with Crippen molar-refractivity contribution in [3.05, 3.63) is 93.2 Å². The molecular formula is C127H210AlLiO11. The fraction of sp³-hybridized carbons (Fsp3) is 0.827. The Hall–Kier alpha value is -3.45. The van der Waals surface area contributed by atoms with Crippen LogP contribution in [0.15, 0.2) is 93.2 Å². The van der Waals surface area contributed by atoms with Gasteiger partial charge < -0.3 is 26.2 Å². The smallest absolute Gasteiger partial charge is 1.00 e. The predicted molar refractivity (Wildman–Crippen MR) is 583 cm³/mol. The van der Waals surface area contributed by atoms with Crippen LogP contribution in [-0.4, -0.2) is 101 Å². The minimum Gasteiger partial charge on any atom is -1.00 e. The number of fused-ring (bicyclic) bond motifs is 20. The SMILES string of the molecule is C.C.C/C(=C/CCC(C)[C@@H]1CC[C@]2(C)C3=CCC4C(C)(C)C(=O)CC[C@]4(C)C3CC[C@@]12C)C(=O)O.C/C(=C/CCC(C)[C@@H]1CC[C@]2(C)C3=CCC4C(C)(C)C(O)CC[C@]4(C)C3CC[C@@]12C)CO.C/C(C=O)=C/CCC(C)[C@@H]1CC[C@]2(C)C3=CCC4C(C)(C)C(=O)CC[C@]4(C)C3CC[C@@]12C.C1CCOC1.COC(=O)/C(C)=C\CCC(C)[C@@H]1CC[C@]2(C)C3=CCC4C(C)(C)C(=O)CC[C@]4(C)C3CC[C@@]12C.[AlH3].[H-].[Li+]. The van der Waals surface area contributed by atoms with Crippen molar-refractivity contribution in [2.45, 2.75) is 459 Å². The molecular weight excluding hydrogens is 1740 g/mol. The van der Waals surface area contributed by atoms with E-state index in [-0.39, 0.29) is 120 Å². The number of rotatable bonds is 20. The minimum absolute atomic E-state index is 0. The third kappa shape index (κ3) is 20.3. The van der Waals surface area contributed by atoms with Gasteiger partial charge in [-0.05, 0) is 423 Å². The van der Waals surface area contributed by atoms with Crippen molar-refractivity contribution in [3.8, 4) is 0 Å². The zero-order valence-corrected chi connectivity index (χ0v) is 93.1. The molecule has 1 aliphatic heterocycles. The second-order valence-corrected chi connectivity index (χ2v) is 55.0. The summed E-state index contributed by atoms with van der Waals surface area (Å²) in [5.74, 6) is 10.7. The Morgan fingerprint density at radius 2 is 0.707 bits per heavy atom. The summed E-state index contributed by atoms with van der Waals surface area (Å²) in [7, 11) is 1.45. The summed E-state index contributed by atoms with van der Waals surface area (Å²) in [6, 6.07) is 0. The topological polar surface area (TPSA) is 182 Å². The van der Waals surface area contributed by atoms with Crippen molar-refractivity contribution < 1.29 is 73.8 Å². The first kappa shape index (κ1) is 120. The summed E-state index contributed by atoms with van der Waals surface area (Å²) < 4.78 is 9.80. The maximum atomic E-state index is 12.8. The first-order chi connectivity index (χ1) is 63.4. The number of aliphatic hydroxyl groups is 2. The van der Waals surface area contributed by atoms with Gasteiger partial charge in [0.1, 0.15) is 23.6 Å². The van der Waals surface area contributed by atoms with Gasteiger partial charge in [0.25, 0.3) is 0 Å². The zero-order chi connectivity index (χ0) is 100. The third-order valence-corrected chi connectivity index (χ3v) is 48.0. The largest absolute Gasteiger partial charge is 1.00 e. The van der Waals surface area contributed by atoms with Crippen molar-refractivity contribution in [3.63, 3.8) is 0 Å². The Balaban J connectivity index is 0.000000223. The molecule has 12 saturated carbocycles. The number of ether oxygens (including phenoxy) is 2. The third-order valence-electron chi connectivity index (χ3n) is 48.0. The van der Waals surface area contributed by atoms with Crippen LogP contribution in [0.4, 0.5) is 0 Å². The van der Waals surface area contributed by atoms with Crippen LogP contribution >= 0.6 is 0 Å². The second-order valence-electron chi connectivity index (χ2n) is 55.0. The molecule has 16 aliphatic carbocycles. The molecule has 17 aliphatic rings. The van der Waals surface area contributed by atoms with E-state index in [1.165, 1.54) is 142 Å². The first-order valence-corrected chi connectivity index (χ1v) is 56.2. The monoisotopic (exact) mass is 1950 g/mol. The van der Waals surface area contributed by atoms with Crippen LogP contribution in [0.25, 0.3) is 0 Å². The number of ketones is 3. The number of aliphatic hydroxyl groups excluding tert-OH is 2. The van der Waals surface area contributed by atoms with E-state index in [4.69, 9.17) is 14.6 Å². The number of carboxylic acids is 1. The fourth-order valence-electron chi connectivity index (χ4n) is 38.1. The summed E-state index contributed by atoms with van der Waals surface area (Å²) in [4.78, 5) is 72.2. The molecule has 0 amide bonds. The van der Waals surface area contributed by atoms with Gasteiger partial charge in [0.15, 0.2) is 17.4 Å². The van der Waals surface area contributed by atoms with Crippen LogP contribution in [0.1, 0.15) is 454 Å². The van der Waals surface area contributed by atoms with Gasteiger partial charge in [0, 0.05) is 59.9 Å². The van der Waals surface area contributed by atoms with Gasteiger partial charge >= 0.3 is 30.8 Å². The Bertz CT molecular complexity index is 4670. The number of hydrogen-bond acceptors (Lipinski definition) is 10. The molecule has 1 heterocycles. The Labute approximate surface area is 880 Å². The number of carbonyl (C=O) groups is 6. The average Bonchev–Trinajstić information content (AvgIpc) is 1.60. The maximum Gasteiger partial charge on any atom is 1.00 e. The van der Waals surface area contributed by atoms with E-state index in [2.05, 4.69) is 209 Å². The number of Topliss-reactive ketones (excluding diaryl/α,β-unsaturated/α-hetero) is 3. The molecule has 140 heavy (non-hydrogen) atoms. The first-order valence-electron chi connectivity index (χ1n) is 56.2. The molecule has 11 nitrogen and oxygen atoms in total. The number of aldehydes is 1. The summed E-state index contributed by atoms with van der Waals surface area (Å²) in [5.41, 5.74) is 13.3. The predicted octanol–water partition coefficient (Wildman–Crippen LogP) is 28.3. The van der Waals surface area contributed by atoms with Gasteiger partial charge in [0.2, 0.25) is 0 Å². The number of aliphatic carboxylic acids is 1. The molecule has 29 atom stereocenters. The molecule has 1 saturated heterocycles. The molecule has 17 rings (SSSR count). The van der Waals surface area contributed by atoms with E-state index in [0.717, 1.165) is 169 Å². The van der Waals surface area contributed by atoms with E-state index in [9.17, 15) is 39.0 Å². The summed E-state index contributed by atoms with van der Waals surface area (Å²) in [6.07, 6.45) is 63.7. The van der Waals surface area contributed by atoms with E-state index in [0.29, 0.717) is 132 Å². The number of hydrogen-bond donors (Lipinski definition) is 3. The van der Waals surface area contributed by atoms with Crippen LogP contribution in [0.3, 0.4) is 0 Å². The van der Waals surface area contributed by atoms with Crippen molar-refractivity contribution in [1.82, 2.24) is 0 Å². The normalized spacial score (nSPS) is 42.1. The molecule has 0 aromatic rings. The van der Waals surface area contributed by atoms with E-state index in [1.807, 2.05) is 32.4 Å². The van der Waals surface area contributed by atoms with Gasteiger partial charge in [-0.3, -0.25) is 19.2 Å². The summed E-state index contributed by atoms with van der Waals surface area (Å²) in [6.45, 7) is 68.4. The standard InChI is InChI=1S/C31H48O3.C30H46O3.C30H50O2.C30H46O2.C4H8O.2CH4.Al.Li.4H/c1-20(10-9-11-21(2)27(33)34-8)22-14-18-31(7)24-12-13-25-28(3,4)26(32)16-17-29(25,5)23(24)15-19-30(22,31)6;1-19(9-8-10-20(2)26(32)33)21-13-17-30(7)23-11-12-24-27(3,4)25(31)15-16-28(24,5)22(23)14-18-29(21,30)6;2*1-20(19-31)9-8-10-21(2)22-13-17-30(7)24-11-12-25-27(3,4)26(32)15-16-28(25,5)23(24)14-18-29(22,30)6;1-2-4-5-3-1;;;;;;;;/h11-12,20,22-23,25H,9-10,13-19H2,1-8H3;10-11,19,21-22,24H,8-9,12-18H2,1-7H3,(H,32,33);9,11,21-23,25-26,31-32H,8,10,12-19H2,1-7H3;9,11,19,21-23,25H,8,10,12-18H2,1-7H3;1-4H2;2*1H4;;;;;;/q;;;;;;;;+1;;;;-1/b21-11-;20-10-;2*20-9-;;;;;;;;;/t20?,22-,23?,25?,29+,30-,31+;19?,21-,22?,24?,28+,29-,30+;21?,22-,23?,25?,26?,28+,29-,30+;21?,22-,23?,25?,28+,29-,30+;;;;;;;;;/m0000........./s1. The van der Waals surface area contributed by atoms with Crippen LogP contribution in [0, 0.1) is 181 Å². The van der Waals surface area contributed by atoms with E-state index in [1.54, 1.807) is 23.6 Å². The van der Waals surface area contributed by atoms with Gasteiger partial charge in [-0.25, -0.2) is 9.59 Å². The Kier molecular flexibility index (Phi) is 38.3.